The van der Waals surface area contributed by atoms with Crippen molar-refractivity contribution in [2.45, 2.75) is 0 Å². The molecule has 3 heteroatoms. The van der Waals surface area contributed by atoms with Crippen molar-refractivity contribution in [2.24, 2.45) is 0 Å². The van der Waals surface area contributed by atoms with Gasteiger partial charge in [-0.3, -0.25) is 4.40 Å². The first-order valence-corrected chi connectivity index (χ1v) is 5.84. The van der Waals surface area contributed by atoms with Crippen molar-refractivity contribution in [3.8, 4) is 11.3 Å². The molecule has 2 aromatic heterocycles. The quantitative estimate of drug-likeness (QED) is 0.502. The summed E-state index contributed by atoms with van der Waals surface area (Å²) >= 11 is 0. The molecule has 0 aliphatic heterocycles. The van der Waals surface area contributed by atoms with Crippen molar-refractivity contribution in [3.05, 3.63) is 60.8 Å². The molecule has 0 spiro atoms. The first kappa shape index (κ1) is 9.48. The minimum Gasteiger partial charge on any atom is -0.423 e. The predicted octanol–water partition coefficient (Wildman–Crippen LogP) is 3.75. The highest BCUT2D eigenvalue weighted by Gasteiger charge is 2.10. The van der Waals surface area contributed by atoms with Crippen molar-refractivity contribution < 1.29 is 4.42 Å². The molecule has 0 aliphatic rings. The number of nitrogens with zero attached hydrogens (tertiary/aromatic N) is 2. The van der Waals surface area contributed by atoms with Gasteiger partial charge in [-0.1, -0.05) is 42.5 Å². The molecule has 4 rings (SSSR count). The van der Waals surface area contributed by atoms with Gasteiger partial charge >= 0.3 is 5.84 Å². The normalized spacial score (nSPS) is 11.3. The van der Waals surface area contributed by atoms with Crippen LogP contribution in [0.2, 0.25) is 0 Å². The highest BCUT2D eigenvalue weighted by Crippen LogP contribution is 2.25. The van der Waals surface area contributed by atoms with E-state index in [0.29, 0.717) is 5.84 Å². The summed E-state index contributed by atoms with van der Waals surface area (Å²) in [6, 6.07) is 18.1. The highest BCUT2D eigenvalue weighted by atomic mass is 16.4. The van der Waals surface area contributed by atoms with Crippen LogP contribution in [-0.4, -0.2) is 9.38 Å². The average molecular weight is 234 g/mol. The molecule has 18 heavy (non-hydrogen) atoms. The van der Waals surface area contributed by atoms with Crippen LogP contribution in [0.25, 0.3) is 28.2 Å². The van der Waals surface area contributed by atoms with E-state index in [9.17, 15) is 0 Å². The van der Waals surface area contributed by atoms with Crippen molar-refractivity contribution in [1.82, 2.24) is 9.38 Å². The summed E-state index contributed by atoms with van der Waals surface area (Å²) in [5.74, 6) is 1.47. The van der Waals surface area contributed by atoms with Gasteiger partial charge in [-0.05, 0) is 12.1 Å². The number of oxazole rings is 1. The monoisotopic (exact) mass is 234 g/mol. The molecule has 3 nitrogen and oxygen atoms in total. The fourth-order valence-electron chi connectivity index (χ4n) is 2.20. The fraction of sp³-hybridized carbons (Fsp3) is 0. The molecule has 0 amide bonds. The number of benzene rings is 2. The lowest BCUT2D eigenvalue weighted by Crippen LogP contribution is -1.76. The van der Waals surface area contributed by atoms with Gasteiger partial charge in [0, 0.05) is 5.56 Å². The highest BCUT2D eigenvalue weighted by molar-refractivity contribution is 5.79. The van der Waals surface area contributed by atoms with Crippen LogP contribution in [0.15, 0.2) is 65.2 Å². The molecule has 0 saturated heterocycles. The molecule has 0 radical (unpaired) electrons. The van der Waals surface area contributed by atoms with Crippen LogP contribution in [0, 0.1) is 0 Å². The maximum Gasteiger partial charge on any atom is 0.307 e. The molecule has 0 saturated carbocycles. The number of fused-ring (bicyclic) bond motifs is 3. The summed E-state index contributed by atoms with van der Waals surface area (Å²) in [6.45, 7) is 0. The molecule has 0 N–H and O–H groups in total. The molecular weight excluding hydrogens is 224 g/mol. The molecule has 2 heterocycles. The average Bonchev–Trinajstić information content (AvgIpc) is 2.97. The molecule has 0 fully saturated rings. The number of hydrogen-bond donors (Lipinski definition) is 0. The van der Waals surface area contributed by atoms with Crippen LogP contribution < -0.4 is 0 Å². The predicted molar refractivity (Wildman–Crippen MR) is 70.4 cm³/mol. The van der Waals surface area contributed by atoms with Gasteiger partial charge in [0.1, 0.15) is 0 Å². The van der Waals surface area contributed by atoms with Crippen molar-refractivity contribution >= 4 is 16.9 Å². The number of hydrogen-bond acceptors (Lipinski definition) is 2. The first-order valence-electron chi connectivity index (χ1n) is 5.84. The van der Waals surface area contributed by atoms with Crippen molar-refractivity contribution in [1.29, 1.82) is 0 Å². The van der Waals surface area contributed by atoms with Crippen LogP contribution in [0.4, 0.5) is 0 Å². The van der Waals surface area contributed by atoms with Crippen LogP contribution in [0.3, 0.4) is 0 Å². The summed E-state index contributed by atoms with van der Waals surface area (Å²) < 4.78 is 7.77. The second-order valence-electron chi connectivity index (χ2n) is 4.21. The van der Waals surface area contributed by atoms with Crippen LogP contribution >= 0.6 is 0 Å². The second-order valence-corrected chi connectivity index (χ2v) is 4.21. The summed E-state index contributed by atoms with van der Waals surface area (Å²) in [6.07, 6.45) is 1.99. The topological polar surface area (TPSA) is 30.4 Å². The Kier molecular flexibility index (Phi) is 1.83. The summed E-state index contributed by atoms with van der Waals surface area (Å²) in [7, 11) is 0. The molecule has 2 aromatic carbocycles. The number of aromatic nitrogens is 2. The summed E-state index contributed by atoms with van der Waals surface area (Å²) in [5, 5.41) is 0. The van der Waals surface area contributed by atoms with Crippen molar-refractivity contribution in [2.75, 3.05) is 0 Å². The minimum absolute atomic E-state index is 0.634. The van der Waals surface area contributed by atoms with E-state index in [2.05, 4.69) is 4.98 Å². The number of para-hydroxylation sites is 2. The Morgan fingerprint density at radius 3 is 2.56 bits per heavy atom. The lowest BCUT2D eigenvalue weighted by Gasteiger charge is -1.93. The largest absolute Gasteiger partial charge is 0.423 e. The third-order valence-corrected chi connectivity index (χ3v) is 3.07. The second kappa shape index (κ2) is 3.47. The lowest BCUT2D eigenvalue weighted by atomic mass is 10.2. The zero-order valence-electron chi connectivity index (χ0n) is 9.58. The fourth-order valence-corrected chi connectivity index (χ4v) is 2.20. The smallest absolute Gasteiger partial charge is 0.307 e. The van der Waals surface area contributed by atoms with E-state index < -0.39 is 0 Å². The van der Waals surface area contributed by atoms with Crippen LogP contribution in [0.5, 0.6) is 0 Å². The number of rotatable bonds is 1. The molecule has 0 unspecified atom stereocenters. The molecule has 0 atom stereocenters. The summed E-state index contributed by atoms with van der Waals surface area (Å²) in [4.78, 5) is 4.46. The Hall–Kier alpha value is -2.55. The lowest BCUT2D eigenvalue weighted by molar-refractivity contribution is 0.611. The molecular formula is C15H10N2O. The van der Waals surface area contributed by atoms with Crippen LogP contribution in [-0.2, 0) is 0 Å². The van der Waals surface area contributed by atoms with E-state index >= 15 is 0 Å². The van der Waals surface area contributed by atoms with Gasteiger partial charge in [0.2, 0.25) is 0 Å². The molecule has 86 valence electrons. The molecule has 4 aromatic rings. The standard InChI is InChI=1S/C15H10N2O/c1-2-6-11(7-3-1)14-10-17-13-9-5-4-8-12(13)16-15(17)18-14/h1-10H. The zero-order valence-corrected chi connectivity index (χ0v) is 9.58. The Morgan fingerprint density at radius 2 is 1.67 bits per heavy atom. The Labute approximate surface area is 103 Å². The van der Waals surface area contributed by atoms with E-state index in [1.807, 2.05) is 65.2 Å². The van der Waals surface area contributed by atoms with Gasteiger partial charge < -0.3 is 4.42 Å². The van der Waals surface area contributed by atoms with E-state index in [1.165, 1.54) is 0 Å². The van der Waals surface area contributed by atoms with Gasteiger partial charge in [-0.2, -0.15) is 4.98 Å². The van der Waals surface area contributed by atoms with E-state index in [1.54, 1.807) is 0 Å². The SMILES string of the molecule is c1ccc(-c2cn3c(nc4ccccc43)o2)cc1. The zero-order chi connectivity index (χ0) is 11.9. The molecule has 0 aliphatic carbocycles. The maximum absolute atomic E-state index is 5.79. The van der Waals surface area contributed by atoms with E-state index in [-0.39, 0.29) is 0 Å². The number of imidazole rings is 1. The third-order valence-electron chi connectivity index (χ3n) is 3.07. The Bertz CT molecular complexity index is 827. The van der Waals surface area contributed by atoms with Crippen LogP contribution in [0.1, 0.15) is 0 Å². The van der Waals surface area contributed by atoms with Gasteiger partial charge in [0.05, 0.1) is 17.2 Å². The van der Waals surface area contributed by atoms with Gasteiger partial charge in [0.15, 0.2) is 5.76 Å². The van der Waals surface area contributed by atoms with Gasteiger partial charge in [-0.25, -0.2) is 0 Å². The molecule has 0 bridgehead atoms. The maximum atomic E-state index is 5.79. The van der Waals surface area contributed by atoms with E-state index in [4.69, 9.17) is 4.42 Å². The minimum atomic E-state index is 0.634. The Balaban J connectivity index is 2.00. The summed E-state index contributed by atoms with van der Waals surface area (Å²) in [5.41, 5.74) is 3.08. The van der Waals surface area contributed by atoms with E-state index in [0.717, 1.165) is 22.4 Å². The third kappa shape index (κ3) is 1.27. The first-order chi connectivity index (χ1) is 8.92. The van der Waals surface area contributed by atoms with Gasteiger partial charge in [-0.15, -0.1) is 0 Å². The van der Waals surface area contributed by atoms with Crippen molar-refractivity contribution in [3.63, 3.8) is 0 Å². The van der Waals surface area contributed by atoms with Gasteiger partial charge in [0.25, 0.3) is 0 Å². The Morgan fingerprint density at radius 1 is 0.889 bits per heavy atom.